The number of aromatic nitrogens is 2. The largest absolute Gasteiger partial charge is 0.497 e. The van der Waals surface area contributed by atoms with Crippen LogP contribution < -0.4 is 19.7 Å². The number of anilines is 2. The first-order valence-corrected chi connectivity index (χ1v) is 10.2. The van der Waals surface area contributed by atoms with E-state index < -0.39 is 6.17 Å². The van der Waals surface area contributed by atoms with Crippen molar-refractivity contribution in [3.05, 3.63) is 96.3 Å². The van der Waals surface area contributed by atoms with Gasteiger partial charge in [-0.05, 0) is 36.4 Å². The summed E-state index contributed by atoms with van der Waals surface area (Å²) in [4.78, 5) is 15.4. The van der Waals surface area contributed by atoms with Crippen molar-refractivity contribution >= 4 is 17.3 Å². The van der Waals surface area contributed by atoms with Gasteiger partial charge in [-0.2, -0.15) is 5.10 Å². The monoisotopic (exact) mass is 426 g/mol. The SMILES string of the molecule is COc1ccc(N2C(=O)c3ccccc3N[C@H]2c2cnn(-c3ccccc3)c2)c(OC)c1. The maximum absolute atomic E-state index is 13.7. The van der Waals surface area contributed by atoms with Crippen LogP contribution in [0, 0.1) is 0 Å². The first kappa shape index (κ1) is 19.7. The van der Waals surface area contributed by atoms with E-state index >= 15 is 0 Å². The molecule has 0 fully saturated rings. The lowest BCUT2D eigenvalue weighted by Crippen LogP contribution is -2.43. The Balaban J connectivity index is 1.63. The van der Waals surface area contributed by atoms with Gasteiger partial charge in [0.25, 0.3) is 5.91 Å². The summed E-state index contributed by atoms with van der Waals surface area (Å²) in [6.45, 7) is 0. The fraction of sp³-hybridized carbons (Fsp3) is 0.120. The van der Waals surface area contributed by atoms with Gasteiger partial charge in [-0.1, -0.05) is 30.3 Å². The number of rotatable bonds is 5. The minimum Gasteiger partial charge on any atom is -0.497 e. The van der Waals surface area contributed by atoms with Crippen LogP contribution >= 0.6 is 0 Å². The highest BCUT2D eigenvalue weighted by molar-refractivity contribution is 6.12. The summed E-state index contributed by atoms with van der Waals surface area (Å²) in [7, 11) is 3.18. The molecule has 160 valence electrons. The number of fused-ring (bicyclic) bond motifs is 1. The molecule has 0 radical (unpaired) electrons. The second-order valence-electron chi connectivity index (χ2n) is 7.36. The number of nitrogens with zero attached hydrogens (tertiary/aromatic N) is 3. The van der Waals surface area contributed by atoms with Crippen LogP contribution in [0.1, 0.15) is 22.1 Å². The van der Waals surface area contributed by atoms with Crippen LogP contribution in [0.15, 0.2) is 85.2 Å². The van der Waals surface area contributed by atoms with Gasteiger partial charge < -0.3 is 14.8 Å². The van der Waals surface area contributed by atoms with E-state index in [0.29, 0.717) is 22.7 Å². The molecule has 0 saturated carbocycles. The summed E-state index contributed by atoms with van der Waals surface area (Å²) >= 11 is 0. The standard InChI is InChI=1S/C25H22N4O3/c1-31-19-12-13-22(23(14-19)32-2)29-24(27-21-11-7-6-10-20(21)25(29)30)17-15-26-28(16-17)18-8-4-3-5-9-18/h3-16,24,27H,1-2H3/t24-/m1/s1. The summed E-state index contributed by atoms with van der Waals surface area (Å²) in [5.74, 6) is 1.07. The van der Waals surface area contributed by atoms with E-state index in [4.69, 9.17) is 9.47 Å². The van der Waals surface area contributed by atoms with Crippen molar-refractivity contribution in [1.82, 2.24) is 9.78 Å². The number of amides is 1. The van der Waals surface area contributed by atoms with E-state index in [1.165, 1.54) is 0 Å². The Labute approximate surface area is 185 Å². The van der Waals surface area contributed by atoms with Gasteiger partial charge >= 0.3 is 0 Å². The fourth-order valence-corrected chi connectivity index (χ4v) is 3.92. The second kappa shape index (κ2) is 8.11. The fourth-order valence-electron chi connectivity index (χ4n) is 3.92. The molecule has 32 heavy (non-hydrogen) atoms. The number of methoxy groups -OCH3 is 2. The molecule has 0 saturated heterocycles. The highest BCUT2D eigenvalue weighted by Crippen LogP contribution is 2.41. The Bertz CT molecular complexity index is 1270. The lowest BCUT2D eigenvalue weighted by atomic mass is 10.0. The zero-order valence-electron chi connectivity index (χ0n) is 17.7. The third kappa shape index (κ3) is 3.33. The molecule has 2 heterocycles. The van der Waals surface area contributed by atoms with Gasteiger partial charge in [0, 0.05) is 23.5 Å². The van der Waals surface area contributed by atoms with Crippen LogP contribution in [-0.2, 0) is 0 Å². The van der Waals surface area contributed by atoms with Gasteiger partial charge in [0.1, 0.15) is 17.7 Å². The average molecular weight is 426 g/mol. The van der Waals surface area contributed by atoms with E-state index in [-0.39, 0.29) is 5.91 Å². The number of nitrogens with one attached hydrogen (secondary N) is 1. The van der Waals surface area contributed by atoms with Crippen molar-refractivity contribution in [3.63, 3.8) is 0 Å². The molecule has 5 rings (SSSR count). The summed E-state index contributed by atoms with van der Waals surface area (Å²) in [6.07, 6.45) is 3.23. The maximum atomic E-state index is 13.7. The van der Waals surface area contributed by atoms with Crippen LogP contribution in [0.5, 0.6) is 11.5 Å². The van der Waals surface area contributed by atoms with Gasteiger partial charge in [-0.15, -0.1) is 0 Å². The van der Waals surface area contributed by atoms with E-state index in [1.807, 2.05) is 72.9 Å². The molecule has 0 aliphatic carbocycles. The minimum atomic E-state index is -0.475. The second-order valence-corrected chi connectivity index (χ2v) is 7.36. The van der Waals surface area contributed by atoms with Gasteiger partial charge in [-0.3, -0.25) is 9.69 Å². The van der Waals surface area contributed by atoms with Gasteiger partial charge in [0.15, 0.2) is 0 Å². The van der Waals surface area contributed by atoms with E-state index in [1.54, 1.807) is 36.1 Å². The topological polar surface area (TPSA) is 68.6 Å². The molecule has 0 bridgehead atoms. The third-order valence-electron chi connectivity index (χ3n) is 5.51. The number of ether oxygens (including phenoxy) is 2. The molecule has 1 aliphatic rings. The average Bonchev–Trinajstić information content (AvgIpc) is 3.34. The molecule has 7 nitrogen and oxygen atoms in total. The molecule has 7 heteroatoms. The highest BCUT2D eigenvalue weighted by atomic mass is 16.5. The molecule has 1 N–H and O–H groups in total. The summed E-state index contributed by atoms with van der Waals surface area (Å²) < 4.78 is 12.7. The van der Waals surface area contributed by atoms with Crippen molar-refractivity contribution in [3.8, 4) is 17.2 Å². The Kier molecular flexibility index (Phi) is 4.99. The van der Waals surface area contributed by atoms with Gasteiger partial charge in [0.05, 0.1) is 37.4 Å². The van der Waals surface area contributed by atoms with Crippen molar-refractivity contribution in [2.75, 3.05) is 24.4 Å². The first-order chi connectivity index (χ1) is 15.7. The molecular formula is C25H22N4O3. The predicted octanol–water partition coefficient (Wildman–Crippen LogP) is 4.66. The lowest BCUT2D eigenvalue weighted by molar-refractivity contribution is 0.0974. The summed E-state index contributed by atoms with van der Waals surface area (Å²) in [6, 6.07) is 22.8. The molecule has 0 unspecified atom stereocenters. The van der Waals surface area contributed by atoms with Crippen LogP contribution in [0.3, 0.4) is 0 Å². The molecule has 1 aromatic heterocycles. The Morgan fingerprint density at radius 3 is 2.50 bits per heavy atom. The number of para-hydroxylation sites is 2. The third-order valence-corrected chi connectivity index (χ3v) is 5.51. The molecule has 1 atom stereocenters. The van der Waals surface area contributed by atoms with E-state index in [0.717, 1.165) is 16.9 Å². The Hall–Kier alpha value is -4.26. The van der Waals surface area contributed by atoms with Crippen LogP contribution in [-0.4, -0.2) is 29.9 Å². The Morgan fingerprint density at radius 1 is 0.938 bits per heavy atom. The van der Waals surface area contributed by atoms with Crippen LogP contribution in [0.25, 0.3) is 5.69 Å². The van der Waals surface area contributed by atoms with Gasteiger partial charge in [-0.25, -0.2) is 4.68 Å². The van der Waals surface area contributed by atoms with Crippen LogP contribution in [0.4, 0.5) is 11.4 Å². The number of hydrogen-bond acceptors (Lipinski definition) is 5. The maximum Gasteiger partial charge on any atom is 0.262 e. The summed E-state index contributed by atoms with van der Waals surface area (Å²) in [5.41, 5.74) is 3.79. The number of carbonyl (C=O) groups excluding carboxylic acids is 1. The van der Waals surface area contributed by atoms with E-state index in [2.05, 4.69) is 10.4 Å². The smallest absolute Gasteiger partial charge is 0.262 e. The highest BCUT2D eigenvalue weighted by Gasteiger charge is 2.36. The number of hydrogen-bond donors (Lipinski definition) is 1. The predicted molar refractivity (Wildman–Crippen MR) is 123 cm³/mol. The molecule has 0 spiro atoms. The molecule has 3 aromatic carbocycles. The van der Waals surface area contributed by atoms with Crippen molar-refractivity contribution < 1.29 is 14.3 Å². The quantitative estimate of drug-likeness (QED) is 0.503. The normalized spacial score (nSPS) is 15.1. The summed E-state index contributed by atoms with van der Waals surface area (Å²) in [5, 5.41) is 8.03. The lowest BCUT2D eigenvalue weighted by Gasteiger charge is -2.38. The first-order valence-electron chi connectivity index (χ1n) is 10.2. The number of carbonyl (C=O) groups is 1. The molecule has 1 aliphatic heterocycles. The minimum absolute atomic E-state index is 0.125. The number of benzene rings is 3. The zero-order chi connectivity index (χ0) is 22.1. The molecular weight excluding hydrogens is 404 g/mol. The van der Waals surface area contributed by atoms with Crippen molar-refractivity contribution in [2.45, 2.75) is 6.17 Å². The zero-order valence-corrected chi connectivity index (χ0v) is 17.7. The van der Waals surface area contributed by atoms with Crippen molar-refractivity contribution in [1.29, 1.82) is 0 Å². The van der Waals surface area contributed by atoms with E-state index in [9.17, 15) is 4.79 Å². The Morgan fingerprint density at radius 2 is 1.72 bits per heavy atom. The van der Waals surface area contributed by atoms with Crippen LogP contribution in [0.2, 0.25) is 0 Å². The molecule has 1 amide bonds. The molecule has 4 aromatic rings. The van der Waals surface area contributed by atoms with Gasteiger partial charge in [0.2, 0.25) is 0 Å². The van der Waals surface area contributed by atoms with Crippen molar-refractivity contribution in [2.24, 2.45) is 0 Å².